The van der Waals surface area contributed by atoms with E-state index in [1.807, 2.05) is 17.3 Å². The fourth-order valence-corrected chi connectivity index (χ4v) is 2.80. The van der Waals surface area contributed by atoms with Crippen LogP contribution < -0.4 is 0 Å². The quantitative estimate of drug-likeness (QED) is 0.628. The van der Waals surface area contributed by atoms with Crippen LogP contribution in [-0.4, -0.2) is 33.9 Å². The Hall–Kier alpha value is -2.53. The molecule has 0 fully saturated rings. The SMILES string of the molecule is C=CCOCc1cncc2c1CCN(C(=O)c1ccncc1)C2. The van der Waals surface area contributed by atoms with Gasteiger partial charge < -0.3 is 9.64 Å². The lowest BCUT2D eigenvalue weighted by Gasteiger charge is -2.30. The van der Waals surface area contributed by atoms with Gasteiger partial charge in [0.25, 0.3) is 5.91 Å². The Morgan fingerprint density at radius 1 is 1.30 bits per heavy atom. The molecule has 23 heavy (non-hydrogen) atoms. The number of pyridine rings is 2. The van der Waals surface area contributed by atoms with Crippen molar-refractivity contribution in [3.8, 4) is 0 Å². The third-order valence-electron chi connectivity index (χ3n) is 3.94. The second-order valence-corrected chi connectivity index (χ2v) is 5.45. The van der Waals surface area contributed by atoms with Gasteiger partial charge in [-0.2, -0.15) is 0 Å². The fraction of sp³-hybridized carbons (Fsp3) is 0.278. The van der Waals surface area contributed by atoms with Crippen molar-refractivity contribution < 1.29 is 9.53 Å². The van der Waals surface area contributed by atoms with Crippen molar-refractivity contribution in [2.75, 3.05) is 13.2 Å². The summed E-state index contributed by atoms with van der Waals surface area (Å²) in [6.45, 7) is 5.98. The van der Waals surface area contributed by atoms with Gasteiger partial charge >= 0.3 is 0 Å². The largest absolute Gasteiger partial charge is 0.373 e. The molecule has 2 aromatic rings. The van der Waals surface area contributed by atoms with Crippen LogP contribution in [0, 0.1) is 0 Å². The van der Waals surface area contributed by atoms with E-state index in [-0.39, 0.29) is 5.91 Å². The molecule has 5 nitrogen and oxygen atoms in total. The predicted molar refractivity (Wildman–Crippen MR) is 86.8 cm³/mol. The summed E-state index contributed by atoms with van der Waals surface area (Å²) in [6, 6.07) is 3.49. The highest BCUT2D eigenvalue weighted by Crippen LogP contribution is 2.23. The number of aromatic nitrogens is 2. The van der Waals surface area contributed by atoms with E-state index >= 15 is 0 Å². The fourth-order valence-electron chi connectivity index (χ4n) is 2.80. The molecule has 1 aliphatic heterocycles. The second-order valence-electron chi connectivity index (χ2n) is 5.45. The zero-order valence-corrected chi connectivity index (χ0v) is 12.9. The Morgan fingerprint density at radius 2 is 2.13 bits per heavy atom. The molecule has 118 valence electrons. The van der Waals surface area contributed by atoms with Crippen molar-refractivity contribution in [3.05, 3.63) is 71.8 Å². The Bertz CT molecular complexity index is 701. The summed E-state index contributed by atoms with van der Waals surface area (Å²) in [5.41, 5.74) is 4.11. The summed E-state index contributed by atoms with van der Waals surface area (Å²) >= 11 is 0. The Labute approximate surface area is 135 Å². The van der Waals surface area contributed by atoms with Gasteiger partial charge in [-0.1, -0.05) is 6.08 Å². The topological polar surface area (TPSA) is 55.3 Å². The Balaban J connectivity index is 1.75. The van der Waals surface area contributed by atoms with Crippen LogP contribution >= 0.6 is 0 Å². The van der Waals surface area contributed by atoms with Crippen LogP contribution in [0.2, 0.25) is 0 Å². The molecule has 1 amide bonds. The van der Waals surface area contributed by atoms with Crippen molar-refractivity contribution in [2.24, 2.45) is 0 Å². The molecule has 0 saturated heterocycles. The first-order valence-electron chi connectivity index (χ1n) is 7.62. The summed E-state index contributed by atoms with van der Waals surface area (Å²) < 4.78 is 5.53. The van der Waals surface area contributed by atoms with E-state index in [9.17, 15) is 4.79 Å². The summed E-state index contributed by atoms with van der Waals surface area (Å²) in [5, 5.41) is 0. The molecular weight excluding hydrogens is 290 g/mol. The van der Waals surface area contributed by atoms with Crippen LogP contribution in [0.1, 0.15) is 27.0 Å². The number of hydrogen-bond donors (Lipinski definition) is 0. The van der Waals surface area contributed by atoms with Gasteiger partial charge in [0.15, 0.2) is 0 Å². The first kappa shape index (κ1) is 15.4. The van der Waals surface area contributed by atoms with Crippen molar-refractivity contribution in [1.29, 1.82) is 0 Å². The number of carbonyl (C=O) groups excluding carboxylic acids is 1. The first-order valence-corrected chi connectivity index (χ1v) is 7.62. The van der Waals surface area contributed by atoms with Crippen molar-refractivity contribution >= 4 is 5.91 Å². The van der Waals surface area contributed by atoms with E-state index < -0.39 is 0 Å². The number of fused-ring (bicyclic) bond motifs is 1. The number of rotatable bonds is 5. The molecule has 0 aliphatic carbocycles. The van der Waals surface area contributed by atoms with Gasteiger partial charge in [0.1, 0.15) is 0 Å². The van der Waals surface area contributed by atoms with Gasteiger partial charge in [0.05, 0.1) is 13.2 Å². The van der Waals surface area contributed by atoms with Crippen LogP contribution in [-0.2, 0) is 24.3 Å². The third kappa shape index (κ3) is 3.46. The lowest BCUT2D eigenvalue weighted by Crippen LogP contribution is -2.36. The molecule has 2 aromatic heterocycles. The Morgan fingerprint density at radius 3 is 2.91 bits per heavy atom. The summed E-state index contributed by atoms with van der Waals surface area (Å²) in [7, 11) is 0. The third-order valence-corrected chi connectivity index (χ3v) is 3.94. The highest BCUT2D eigenvalue weighted by atomic mass is 16.5. The van der Waals surface area contributed by atoms with Crippen LogP contribution in [0.25, 0.3) is 0 Å². The number of nitrogens with zero attached hydrogens (tertiary/aromatic N) is 3. The molecular formula is C18H19N3O2. The highest BCUT2D eigenvalue weighted by Gasteiger charge is 2.23. The molecule has 3 heterocycles. The smallest absolute Gasteiger partial charge is 0.254 e. The highest BCUT2D eigenvalue weighted by molar-refractivity contribution is 5.94. The lowest BCUT2D eigenvalue weighted by atomic mass is 9.97. The molecule has 3 rings (SSSR count). The molecule has 0 radical (unpaired) electrons. The summed E-state index contributed by atoms with van der Waals surface area (Å²) in [6.07, 6.45) is 9.53. The second kappa shape index (κ2) is 7.15. The van der Waals surface area contributed by atoms with Crippen LogP contribution in [0.5, 0.6) is 0 Å². The molecule has 0 atom stereocenters. The van der Waals surface area contributed by atoms with Crippen molar-refractivity contribution in [3.63, 3.8) is 0 Å². The van der Waals surface area contributed by atoms with Gasteiger partial charge in [0, 0.05) is 43.4 Å². The number of hydrogen-bond acceptors (Lipinski definition) is 4. The van der Waals surface area contributed by atoms with Gasteiger partial charge in [0.2, 0.25) is 0 Å². The minimum Gasteiger partial charge on any atom is -0.373 e. The average Bonchev–Trinajstić information content (AvgIpc) is 2.62. The molecule has 0 spiro atoms. The normalized spacial score (nSPS) is 13.5. The molecule has 0 N–H and O–H groups in total. The molecule has 0 saturated carbocycles. The zero-order chi connectivity index (χ0) is 16.1. The van der Waals surface area contributed by atoms with Gasteiger partial charge in [-0.3, -0.25) is 14.8 Å². The number of carbonyl (C=O) groups is 1. The van der Waals surface area contributed by atoms with E-state index in [4.69, 9.17) is 4.74 Å². The first-order chi connectivity index (χ1) is 11.3. The zero-order valence-electron chi connectivity index (χ0n) is 12.9. The maximum Gasteiger partial charge on any atom is 0.254 e. The maximum absolute atomic E-state index is 12.5. The van der Waals surface area contributed by atoms with Crippen LogP contribution in [0.15, 0.2) is 49.6 Å². The van der Waals surface area contributed by atoms with Gasteiger partial charge in [-0.15, -0.1) is 6.58 Å². The minimum absolute atomic E-state index is 0.0337. The summed E-state index contributed by atoms with van der Waals surface area (Å²) in [4.78, 5) is 22.6. The number of ether oxygens (including phenoxy) is 1. The van der Waals surface area contributed by atoms with E-state index in [2.05, 4.69) is 16.5 Å². The van der Waals surface area contributed by atoms with Crippen LogP contribution in [0.3, 0.4) is 0 Å². The maximum atomic E-state index is 12.5. The number of amides is 1. The van der Waals surface area contributed by atoms with Gasteiger partial charge in [-0.25, -0.2) is 0 Å². The van der Waals surface area contributed by atoms with Crippen molar-refractivity contribution in [2.45, 2.75) is 19.6 Å². The lowest BCUT2D eigenvalue weighted by molar-refractivity contribution is 0.0733. The Kier molecular flexibility index (Phi) is 4.78. The summed E-state index contributed by atoms with van der Waals surface area (Å²) in [5.74, 6) is 0.0337. The van der Waals surface area contributed by atoms with E-state index in [1.165, 1.54) is 5.56 Å². The minimum atomic E-state index is 0.0337. The molecule has 0 aromatic carbocycles. The predicted octanol–water partition coefficient (Wildman–Crippen LogP) is 2.38. The van der Waals surface area contributed by atoms with E-state index in [0.29, 0.717) is 31.9 Å². The molecule has 1 aliphatic rings. The van der Waals surface area contributed by atoms with E-state index in [0.717, 1.165) is 17.5 Å². The molecule has 0 bridgehead atoms. The van der Waals surface area contributed by atoms with Crippen LogP contribution in [0.4, 0.5) is 0 Å². The van der Waals surface area contributed by atoms with E-state index in [1.54, 1.807) is 30.6 Å². The monoisotopic (exact) mass is 309 g/mol. The van der Waals surface area contributed by atoms with Gasteiger partial charge in [-0.05, 0) is 35.2 Å². The standard InChI is InChI=1S/C18H19N3O2/c1-2-9-23-13-16-11-20-10-15-12-21(8-5-17(15)16)18(22)14-3-6-19-7-4-14/h2-4,6-7,10-11H,1,5,8-9,12-13H2. The molecule has 5 heteroatoms. The molecule has 0 unspecified atom stereocenters. The van der Waals surface area contributed by atoms with Crippen molar-refractivity contribution in [1.82, 2.24) is 14.9 Å². The average molecular weight is 309 g/mol.